The molecule has 1 aliphatic rings. The van der Waals surface area contributed by atoms with E-state index >= 15 is 0 Å². The summed E-state index contributed by atoms with van der Waals surface area (Å²) in [5.41, 5.74) is 0.795. The van der Waals surface area contributed by atoms with Crippen LogP contribution in [0.1, 0.15) is 11.7 Å². The zero-order chi connectivity index (χ0) is 20.1. The number of benzene rings is 2. The van der Waals surface area contributed by atoms with Crippen molar-refractivity contribution in [1.29, 1.82) is 0 Å². The van der Waals surface area contributed by atoms with Gasteiger partial charge in [-0.25, -0.2) is 0 Å². The van der Waals surface area contributed by atoms with Crippen molar-refractivity contribution in [1.82, 2.24) is 5.32 Å². The third-order valence-corrected chi connectivity index (χ3v) is 4.26. The summed E-state index contributed by atoms with van der Waals surface area (Å²) >= 11 is 5.90. The number of aliphatic hydroxyl groups is 1. The summed E-state index contributed by atoms with van der Waals surface area (Å²) in [5.74, 6) is -0.323. The van der Waals surface area contributed by atoms with Crippen LogP contribution in [0.5, 0.6) is 17.2 Å². The lowest BCUT2D eigenvalue weighted by molar-refractivity contribution is -0.136. The molecule has 28 heavy (non-hydrogen) atoms. The molecule has 0 aliphatic carbocycles. The van der Waals surface area contributed by atoms with Gasteiger partial charge in [0, 0.05) is 11.6 Å². The van der Waals surface area contributed by atoms with E-state index in [4.69, 9.17) is 25.8 Å². The number of ether oxygens (including phenoxy) is 3. The highest BCUT2D eigenvalue weighted by Gasteiger charge is 2.19. The molecule has 9 heteroatoms. The number of halogens is 1. The molecular formula is C19H19ClN2O6. The van der Waals surface area contributed by atoms with Crippen LogP contribution in [-0.4, -0.2) is 43.8 Å². The molecule has 0 fully saturated rings. The van der Waals surface area contributed by atoms with Gasteiger partial charge in [-0.15, -0.1) is 0 Å². The number of anilines is 1. The Morgan fingerprint density at radius 1 is 1.14 bits per heavy atom. The lowest BCUT2D eigenvalue weighted by atomic mass is 10.1. The normalized spacial score (nSPS) is 13.4. The molecule has 1 aliphatic heterocycles. The molecule has 1 unspecified atom stereocenters. The van der Waals surface area contributed by atoms with Crippen LogP contribution in [0.15, 0.2) is 36.4 Å². The minimum Gasteiger partial charge on any atom is -0.495 e. The van der Waals surface area contributed by atoms with Crippen molar-refractivity contribution in [2.75, 3.05) is 32.2 Å². The molecule has 3 N–H and O–H groups in total. The summed E-state index contributed by atoms with van der Waals surface area (Å²) in [6.45, 7) is 0.743. The molecule has 2 amide bonds. The second-order valence-electron chi connectivity index (χ2n) is 5.93. The van der Waals surface area contributed by atoms with E-state index in [2.05, 4.69) is 10.6 Å². The van der Waals surface area contributed by atoms with Crippen LogP contribution in [0.25, 0.3) is 0 Å². The number of amides is 2. The van der Waals surface area contributed by atoms with Crippen molar-refractivity contribution >= 4 is 29.1 Å². The fraction of sp³-hybridized carbons (Fsp3) is 0.263. The van der Waals surface area contributed by atoms with Crippen molar-refractivity contribution in [3.63, 3.8) is 0 Å². The third-order valence-electron chi connectivity index (χ3n) is 4.02. The van der Waals surface area contributed by atoms with Crippen molar-refractivity contribution in [2.45, 2.75) is 6.10 Å². The molecule has 0 aromatic heterocycles. The van der Waals surface area contributed by atoms with E-state index in [9.17, 15) is 14.7 Å². The molecule has 0 radical (unpaired) electrons. The van der Waals surface area contributed by atoms with Crippen LogP contribution in [0, 0.1) is 0 Å². The Hall–Kier alpha value is -2.97. The Balaban J connectivity index is 1.57. The molecule has 0 bridgehead atoms. The van der Waals surface area contributed by atoms with Crippen LogP contribution >= 0.6 is 11.6 Å². The predicted octanol–water partition coefficient (Wildman–Crippen LogP) is 1.91. The number of hydrogen-bond acceptors (Lipinski definition) is 6. The first-order valence-electron chi connectivity index (χ1n) is 8.48. The second kappa shape index (κ2) is 8.81. The SMILES string of the molecule is COc1ccc(Cl)cc1NC(=O)C(=O)NCC(O)c1ccc2c(c1)OCCO2. The smallest absolute Gasteiger partial charge is 0.313 e. The monoisotopic (exact) mass is 406 g/mol. The van der Waals surface area contributed by atoms with E-state index in [1.165, 1.54) is 13.2 Å². The molecule has 148 valence electrons. The van der Waals surface area contributed by atoms with Gasteiger partial charge in [0.25, 0.3) is 0 Å². The molecule has 1 atom stereocenters. The van der Waals surface area contributed by atoms with Crippen molar-refractivity contribution in [3.8, 4) is 17.2 Å². The first-order chi connectivity index (χ1) is 13.5. The first kappa shape index (κ1) is 19.8. The second-order valence-corrected chi connectivity index (χ2v) is 6.36. The number of carbonyl (C=O) groups is 2. The van der Waals surface area contributed by atoms with E-state index in [0.29, 0.717) is 41.0 Å². The zero-order valence-corrected chi connectivity index (χ0v) is 15.8. The maximum absolute atomic E-state index is 12.1. The van der Waals surface area contributed by atoms with Gasteiger partial charge in [0.15, 0.2) is 11.5 Å². The number of methoxy groups -OCH3 is 1. The number of nitrogens with one attached hydrogen (secondary N) is 2. The third kappa shape index (κ3) is 4.65. The van der Waals surface area contributed by atoms with Crippen molar-refractivity contribution in [3.05, 3.63) is 47.0 Å². The highest BCUT2D eigenvalue weighted by atomic mass is 35.5. The van der Waals surface area contributed by atoms with Crippen LogP contribution in [0.3, 0.4) is 0 Å². The van der Waals surface area contributed by atoms with Gasteiger partial charge in [-0.1, -0.05) is 17.7 Å². The van der Waals surface area contributed by atoms with Gasteiger partial charge in [0.2, 0.25) is 0 Å². The topological polar surface area (TPSA) is 106 Å². The fourth-order valence-electron chi connectivity index (χ4n) is 2.61. The van der Waals surface area contributed by atoms with Gasteiger partial charge < -0.3 is 30.0 Å². The summed E-state index contributed by atoms with van der Waals surface area (Å²) in [7, 11) is 1.43. The Kier molecular flexibility index (Phi) is 6.23. The summed E-state index contributed by atoms with van der Waals surface area (Å²) in [6.07, 6.45) is -1.02. The van der Waals surface area contributed by atoms with E-state index in [1.807, 2.05) is 0 Å². The largest absolute Gasteiger partial charge is 0.495 e. The van der Waals surface area contributed by atoms with E-state index in [0.717, 1.165) is 0 Å². The average molecular weight is 407 g/mol. The van der Waals surface area contributed by atoms with E-state index in [1.54, 1.807) is 30.3 Å². The highest BCUT2D eigenvalue weighted by Crippen LogP contribution is 2.32. The van der Waals surface area contributed by atoms with Gasteiger partial charge >= 0.3 is 11.8 Å². The number of carbonyl (C=O) groups excluding carboxylic acids is 2. The Morgan fingerprint density at radius 2 is 1.89 bits per heavy atom. The van der Waals surface area contributed by atoms with Gasteiger partial charge in [-0.3, -0.25) is 9.59 Å². The Morgan fingerprint density at radius 3 is 2.64 bits per heavy atom. The zero-order valence-electron chi connectivity index (χ0n) is 15.0. The van der Waals surface area contributed by atoms with Crippen LogP contribution in [-0.2, 0) is 9.59 Å². The lowest BCUT2D eigenvalue weighted by Gasteiger charge is -2.20. The van der Waals surface area contributed by atoms with E-state index < -0.39 is 17.9 Å². The Labute approximate surface area is 166 Å². The molecule has 2 aromatic rings. The maximum Gasteiger partial charge on any atom is 0.313 e. The standard InChI is InChI=1S/C19H19ClN2O6/c1-26-15-5-3-12(20)9-13(15)22-19(25)18(24)21-10-14(23)11-2-4-16-17(8-11)28-7-6-27-16/h2-5,8-9,14,23H,6-7,10H2,1H3,(H,21,24)(H,22,25). The molecule has 0 saturated heterocycles. The maximum atomic E-state index is 12.1. The number of rotatable bonds is 5. The Bertz CT molecular complexity index is 889. The van der Waals surface area contributed by atoms with Gasteiger partial charge in [0.1, 0.15) is 19.0 Å². The van der Waals surface area contributed by atoms with Gasteiger partial charge in [-0.2, -0.15) is 0 Å². The molecule has 8 nitrogen and oxygen atoms in total. The minimum absolute atomic E-state index is 0.154. The van der Waals surface area contributed by atoms with Gasteiger partial charge in [-0.05, 0) is 35.9 Å². The lowest BCUT2D eigenvalue weighted by Crippen LogP contribution is -2.37. The summed E-state index contributed by atoms with van der Waals surface area (Å²) in [5, 5.41) is 15.5. The number of aliphatic hydroxyl groups excluding tert-OH is 1. The summed E-state index contributed by atoms with van der Waals surface area (Å²) in [6, 6.07) is 9.63. The molecule has 1 heterocycles. The number of fused-ring (bicyclic) bond motifs is 1. The van der Waals surface area contributed by atoms with Crippen LogP contribution in [0.4, 0.5) is 5.69 Å². The summed E-state index contributed by atoms with van der Waals surface area (Å²) in [4.78, 5) is 24.1. The molecule has 3 rings (SSSR count). The first-order valence-corrected chi connectivity index (χ1v) is 8.86. The van der Waals surface area contributed by atoms with Crippen molar-refractivity contribution < 1.29 is 28.9 Å². The quantitative estimate of drug-likeness (QED) is 0.655. The molecule has 0 saturated carbocycles. The average Bonchev–Trinajstić information content (AvgIpc) is 2.71. The van der Waals surface area contributed by atoms with Crippen molar-refractivity contribution in [2.24, 2.45) is 0 Å². The fourth-order valence-corrected chi connectivity index (χ4v) is 2.78. The minimum atomic E-state index is -1.02. The molecule has 2 aromatic carbocycles. The van der Waals surface area contributed by atoms with Crippen LogP contribution in [0.2, 0.25) is 5.02 Å². The summed E-state index contributed by atoms with van der Waals surface area (Å²) < 4.78 is 16.0. The highest BCUT2D eigenvalue weighted by molar-refractivity contribution is 6.40. The molecular weight excluding hydrogens is 388 g/mol. The van der Waals surface area contributed by atoms with E-state index in [-0.39, 0.29) is 12.2 Å². The number of hydrogen-bond donors (Lipinski definition) is 3. The van der Waals surface area contributed by atoms with Gasteiger partial charge in [0.05, 0.1) is 18.9 Å². The van der Waals surface area contributed by atoms with Crippen LogP contribution < -0.4 is 24.8 Å². The molecule has 0 spiro atoms. The predicted molar refractivity (Wildman–Crippen MR) is 102 cm³/mol.